The van der Waals surface area contributed by atoms with E-state index in [2.05, 4.69) is 0 Å². The van der Waals surface area contributed by atoms with Crippen molar-refractivity contribution in [1.29, 1.82) is 0 Å². The normalized spacial score (nSPS) is 20.1. The summed E-state index contributed by atoms with van der Waals surface area (Å²) in [5, 5.41) is 31.0. The summed E-state index contributed by atoms with van der Waals surface area (Å²) in [5.74, 6) is 0. The fraction of sp³-hybridized carbons (Fsp3) is 0.167. The second-order valence-corrected chi connectivity index (χ2v) is 2.62. The molecule has 1 aliphatic rings. The Labute approximate surface area is 82.1 Å². The van der Waals surface area contributed by atoms with Crippen LogP contribution < -0.4 is 0 Å². The van der Waals surface area contributed by atoms with E-state index < -0.39 is 32.2 Å². The summed E-state index contributed by atoms with van der Waals surface area (Å²) in [5.41, 5.74) is -1.29. The van der Waals surface area contributed by atoms with Crippen molar-refractivity contribution >= 4 is 0 Å². The van der Waals surface area contributed by atoms with Crippen LogP contribution in [-0.4, -0.2) is 20.8 Å². The molecule has 0 aromatic rings. The third-order valence-corrected chi connectivity index (χ3v) is 1.64. The lowest BCUT2D eigenvalue weighted by Crippen LogP contribution is -2.25. The average molecular weight is 214 g/mol. The molecule has 0 fully saturated rings. The number of nitrogens with zero attached hydrogens (tertiary/aromatic N) is 3. The van der Waals surface area contributed by atoms with Crippen LogP contribution in [0.3, 0.4) is 0 Å². The highest BCUT2D eigenvalue weighted by Gasteiger charge is 2.34. The van der Waals surface area contributed by atoms with E-state index in [1.807, 2.05) is 0 Å². The molecule has 0 bridgehead atoms. The molecule has 0 aromatic carbocycles. The Morgan fingerprint density at radius 2 is 1.53 bits per heavy atom. The molecule has 0 saturated heterocycles. The SMILES string of the molecule is O=[N+]([O-])C1=CC([N+](=O)[O-])=CC([N+](=O)[O-])[CH]1. The van der Waals surface area contributed by atoms with Crippen LogP contribution in [0.2, 0.25) is 0 Å². The standard InChI is InChI=1S/C6H4N3O6/c10-7(11)4-1-5(8(12)13)3-6(2-4)9(14)15/h1-4H. The number of allylic oxidation sites excluding steroid dienone is 1. The maximum absolute atomic E-state index is 10.3. The largest absolute Gasteiger partial charge is 0.278 e. The van der Waals surface area contributed by atoms with E-state index in [-0.39, 0.29) is 0 Å². The third-order valence-electron chi connectivity index (χ3n) is 1.64. The smallest absolute Gasteiger partial charge is 0.264 e. The van der Waals surface area contributed by atoms with Gasteiger partial charge in [0.15, 0.2) is 0 Å². The van der Waals surface area contributed by atoms with E-state index >= 15 is 0 Å². The summed E-state index contributed by atoms with van der Waals surface area (Å²) in [7, 11) is 0. The molecule has 1 atom stereocenters. The lowest BCUT2D eigenvalue weighted by molar-refractivity contribution is -0.509. The molecular weight excluding hydrogens is 210 g/mol. The Hall–Kier alpha value is -2.32. The summed E-state index contributed by atoms with van der Waals surface area (Å²) in [6.07, 6.45) is 2.17. The lowest BCUT2D eigenvalue weighted by Gasteiger charge is -2.06. The molecule has 0 aromatic heterocycles. The van der Waals surface area contributed by atoms with E-state index in [0.29, 0.717) is 6.08 Å². The van der Waals surface area contributed by atoms with Gasteiger partial charge in [-0.05, 0) is 0 Å². The molecule has 0 spiro atoms. The number of hydrogen-bond acceptors (Lipinski definition) is 6. The van der Waals surface area contributed by atoms with Crippen LogP contribution in [-0.2, 0) is 0 Å². The molecule has 15 heavy (non-hydrogen) atoms. The van der Waals surface area contributed by atoms with Crippen molar-refractivity contribution in [3.05, 3.63) is 60.3 Å². The maximum atomic E-state index is 10.3. The molecule has 0 heterocycles. The van der Waals surface area contributed by atoms with Gasteiger partial charge in [-0.1, -0.05) is 0 Å². The van der Waals surface area contributed by atoms with Crippen LogP contribution in [0.5, 0.6) is 0 Å². The maximum Gasteiger partial charge on any atom is 0.278 e. The van der Waals surface area contributed by atoms with Gasteiger partial charge >= 0.3 is 0 Å². The number of rotatable bonds is 3. The fourth-order valence-electron chi connectivity index (χ4n) is 0.995. The van der Waals surface area contributed by atoms with Crippen molar-refractivity contribution < 1.29 is 14.8 Å². The van der Waals surface area contributed by atoms with E-state index in [1.165, 1.54) is 0 Å². The molecule has 1 radical (unpaired) electrons. The van der Waals surface area contributed by atoms with Crippen molar-refractivity contribution in [2.45, 2.75) is 6.04 Å². The number of nitro groups is 3. The molecule has 0 N–H and O–H groups in total. The van der Waals surface area contributed by atoms with Gasteiger partial charge in [0.1, 0.15) is 6.42 Å². The van der Waals surface area contributed by atoms with E-state index in [4.69, 9.17) is 0 Å². The van der Waals surface area contributed by atoms with Crippen molar-refractivity contribution in [3.63, 3.8) is 0 Å². The van der Waals surface area contributed by atoms with Gasteiger partial charge in [-0.2, -0.15) is 0 Å². The van der Waals surface area contributed by atoms with Crippen molar-refractivity contribution in [3.8, 4) is 0 Å². The zero-order valence-electron chi connectivity index (χ0n) is 7.10. The second-order valence-electron chi connectivity index (χ2n) is 2.62. The van der Waals surface area contributed by atoms with Crippen LogP contribution in [0.15, 0.2) is 23.5 Å². The van der Waals surface area contributed by atoms with Gasteiger partial charge in [0, 0.05) is 4.92 Å². The molecule has 1 rings (SSSR count). The molecule has 9 heteroatoms. The minimum absolute atomic E-state index is 0.647. The highest BCUT2D eigenvalue weighted by Crippen LogP contribution is 2.19. The Morgan fingerprint density at radius 1 is 1.00 bits per heavy atom. The van der Waals surface area contributed by atoms with Crippen molar-refractivity contribution in [2.24, 2.45) is 0 Å². The zero-order valence-corrected chi connectivity index (χ0v) is 7.10. The predicted octanol–water partition coefficient (Wildman–Crippen LogP) is 0.171. The van der Waals surface area contributed by atoms with Crippen LogP contribution in [0.1, 0.15) is 0 Å². The minimum atomic E-state index is -1.53. The number of hydrogen-bond donors (Lipinski definition) is 0. The average Bonchev–Trinajstić information content (AvgIpc) is 2.16. The quantitative estimate of drug-likeness (QED) is 0.486. The Morgan fingerprint density at radius 3 is 1.93 bits per heavy atom. The highest BCUT2D eigenvalue weighted by molar-refractivity contribution is 5.28. The van der Waals surface area contributed by atoms with Crippen molar-refractivity contribution in [1.82, 2.24) is 0 Å². The van der Waals surface area contributed by atoms with Crippen LogP contribution >= 0.6 is 0 Å². The Kier molecular flexibility index (Phi) is 2.74. The first kappa shape index (κ1) is 10.8. The molecule has 0 amide bonds. The van der Waals surface area contributed by atoms with Gasteiger partial charge in [0.05, 0.1) is 22.0 Å². The first-order valence-electron chi connectivity index (χ1n) is 3.62. The minimum Gasteiger partial charge on any atom is -0.264 e. The summed E-state index contributed by atoms with van der Waals surface area (Å²) >= 11 is 0. The zero-order chi connectivity index (χ0) is 11.6. The fourth-order valence-corrected chi connectivity index (χ4v) is 0.995. The first-order chi connectivity index (χ1) is 6.91. The van der Waals surface area contributed by atoms with Crippen LogP contribution in [0.25, 0.3) is 0 Å². The monoisotopic (exact) mass is 214 g/mol. The first-order valence-corrected chi connectivity index (χ1v) is 3.62. The van der Waals surface area contributed by atoms with Gasteiger partial charge in [-0.25, -0.2) is 0 Å². The van der Waals surface area contributed by atoms with Crippen molar-refractivity contribution in [2.75, 3.05) is 0 Å². The summed E-state index contributed by atoms with van der Waals surface area (Å²) in [4.78, 5) is 28.3. The van der Waals surface area contributed by atoms with E-state index in [1.54, 1.807) is 0 Å². The molecular formula is C6H4N3O6. The van der Waals surface area contributed by atoms with Gasteiger partial charge < -0.3 is 0 Å². The van der Waals surface area contributed by atoms with Crippen LogP contribution in [0.4, 0.5) is 0 Å². The Bertz CT molecular complexity index is 398. The van der Waals surface area contributed by atoms with Gasteiger partial charge in [-0.15, -0.1) is 0 Å². The second kappa shape index (κ2) is 3.82. The van der Waals surface area contributed by atoms with E-state index in [9.17, 15) is 30.3 Å². The lowest BCUT2D eigenvalue weighted by atomic mass is 10.0. The summed E-state index contributed by atoms with van der Waals surface area (Å²) in [6, 6.07) is -1.53. The molecule has 1 aliphatic carbocycles. The molecule has 79 valence electrons. The predicted molar refractivity (Wildman–Crippen MR) is 45.2 cm³/mol. The highest BCUT2D eigenvalue weighted by atomic mass is 16.6. The van der Waals surface area contributed by atoms with Gasteiger partial charge in [0.2, 0.25) is 0 Å². The van der Waals surface area contributed by atoms with Gasteiger partial charge in [0.25, 0.3) is 17.4 Å². The van der Waals surface area contributed by atoms with Crippen LogP contribution in [0, 0.1) is 36.8 Å². The molecule has 1 unspecified atom stereocenters. The third kappa shape index (κ3) is 2.33. The molecule has 0 saturated carbocycles. The molecule has 0 aliphatic heterocycles. The van der Waals surface area contributed by atoms with Gasteiger partial charge in [-0.3, -0.25) is 30.3 Å². The summed E-state index contributed by atoms with van der Waals surface area (Å²) < 4.78 is 0. The molecule has 9 nitrogen and oxygen atoms in total. The van der Waals surface area contributed by atoms with E-state index in [0.717, 1.165) is 12.5 Å². The topological polar surface area (TPSA) is 129 Å². The Balaban J connectivity index is 3.07. The summed E-state index contributed by atoms with van der Waals surface area (Å²) in [6.45, 7) is 0.